The van der Waals surface area contributed by atoms with Gasteiger partial charge in [0.05, 0.1) is 5.56 Å². The summed E-state index contributed by atoms with van der Waals surface area (Å²) in [6.07, 6.45) is 0. The van der Waals surface area contributed by atoms with Gasteiger partial charge in [0.25, 0.3) is 0 Å². The fourth-order valence-electron chi connectivity index (χ4n) is 1.66. The van der Waals surface area contributed by atoms with Crippen molar-refractivity contribution in [3.8, 4) is 0 Å². The smallest absolute Gasteiger partial charge is 0.318 e. The number of urea groups is 1. The maximum absolute atomic E-state index is 11.2. The second-order valence-electron chi connectivity index (χ2n) is 4.30. The predicted molar refractivity (Wildman–Crippen MR) is 84.7 cm³/mol. The zero-order valence-electron chi connectivity index (χ0n) is 11.5. The molecule has 0 aliphatic carbocycles. The van der Waals surface area contributed by atoms with E-state index in [0.717, 1.165) is 10.6 Å². The highest BCUT2D eigenvalue weighted by atomic mass is 32.1. The number of nitrogens with two attached hydrogens (primary N) is 1. The lowest BCUT2D eigenvalue weighted by atomic mass is 10.2. The molecule has 7 heteroatoms. The number of carbonyl (C=O) groups is 2. The standard InChI is InChI=1S/C14H16N4O2S/c1-16-14(20)18-11-4-2-10(3-5-11)17-7-12-6-9(8-21-12)13(15)19/h2-6,8,17H,7H2,1H3,(H2,15,19)(H2,16,18,20). The molecule has 0 aliphatic rings. The molecule has 3 amide bonds. The molecule has 6 nitrogen and oxygen atoms in total. The second-order valence-corrected chi connectivity index (χ2v) is 5.30. The molecular formula is C14H16N4O2S. The van der Waals surface area contributed by atoms with E-state index in [2.05, 4.69) is 16.0 Å². The number of primary amides is 1. The van der Waals surface area contributed by atoms with Crippen LogP contribution in [0.3, 0.4) is 0 Å². The van der Waals surface area contributed by atoms with E-state index in [0.29, 0.717) is 17.8 Å². The van der Waals surface area contributed by atoms with Crippen molar-refractivity contribution in [2.75, 3.05) is 17.7 Å². The molecule has 0 fully saturated rings. The van der Waals surface area contributed by atoms with Crippen LogP contribution < -0.4 is 21.7 Å². The first-order chi connectivity index (χ1) is 10.1. The number of anilines is 2. The molecule has 2 rings (SSSR count). The average molecular weight is 304 g/mol. The number of hydrogen-bond acceptors (Lipinski definition) is 4. The first-order valence-electron chi connectivity index (χ1n) is 6.28. The third kappa shape index (κ3) is 4.22. The second kappa shape index (κ2) is 6.76. The first kappa shape index (κ1) is 14.9. The Morgan fingerprint density at radius 1 is 1.19 bits per heavy atom. The van der Waals surface area contributed by atoms with Crippen LogP contribution in [0.1, 0.15) is 15.2 Å². The Morgan fingerprint density at radius 2 is 1.86 bits per heavy atom. The Hall–Kier alpha value is -2.54. The van der Waals surface area contributed by atoms with Gasteiger partial charge in [-0.15, -0.1) is 11.3 Å². The van der Waals surface area contributed by atoms with Gasteiger partial charge < -0.3 is 21.7 Å². The van der Waals surface area contributed by atoms with Gasteiger partial charge in [-0.1, -0.05) is 0 Å². The van der Waals surface area contributed by atoms with E-state index in [1.165, 1.54) is 11.3 Å². The summed E-state index contributed by atoms with van der Waals surface area (Å²) in [6, 6.07) is 8.87. The summed E-state index contributed by atoms with van der Waals surface area (Å²) in [5.41, 5.74) is 7.38. The lowest BCUT2D eigenvalue weighted by Gasteiger charge is -2.07. The molecule has 21 heavy (non-hydrogen) atoms. The highest BCUT2D eigenvalue weighted by molar-refractivity contribution is 7.10. The molecule has 0 aliphatic heterocycles. The largest absolute Gasteiger partial charge is 0.380 e. The van der Waals surface area contributed by atoms with Gasteiger partial charge >= 0.3 is 6.03 Å². The van der Waals surface area contributed by atoms with E-state index in [4.69, 9.17) is 5.73 Å². The van der Waals surface area contributed by atoms with Crippen LogP contribution in [0.25, 0.3) is 0 Å². The molecule has 1 heterocycles. The number of rotatable bonds is 5. The molecule has 1 aromatic carbocycles. The van der Waals surface area contributed by atoms with Gasteiger partial charge in [0.15, 0.2) is 0 Å². The number of thiophene rings is 1. The van der Waals surface area contributed by atoms with Crippen molar-refractivity contribution in [3.63, 3.8) is 0 Å². The molecular weight excluding hydrogens is 288 g/mol. The molecule has 0 spiro atoms. The van der Waals surface area contributed by atoms with Gasteiger partial charge in [-0.05, 0) is 30.3 Å². The Morgan fingerprint density at radius 3 is 2.43 bits per heavy atom. The summed E-state index contributed by atoms with van der Waals surface area (Å²) in [5.74, 6) is -0.415. The van der Waals surface area contributed by atoms with E-state index in [1.807, 2.05) is 12.1 Å². The molecule has 2 aromatic rings. The monoisotopic (exact) mass is 304 g/mol. The van der Waals surface area contributed by atoms with E-state index < -0.39 is 5.91 Å². The third-order valence-electron chi connectivity index (χ3n) is 2.77. The average Bonchev–Trinajstić information content (AvgIpc) is 2.95. The summed E-state index contributed by atoms with van der Waals surface area (Å²) >= 11 is 1.48. The van der Waals surface area contributed by atoms with Crippen molar-refractivity contribution in [1.82, 2.24) is 5.32 Å². The Labute approximate surface area is 126 Å². The minimum Gasteiger partial charge on any atom is -0.380 e. The zero-order chi connectivity index (χ0) is 15.2. The highest BCUT2D eigenvalue weighted by Gasteiger charge is 2.04. The number of amides is 3. The highest BCUT2D eigenvalue weighted by Crippen LogP contribution is 2.18. The lowest BCUT2D eigenvalue weighted by Crippen LogP contribution is -2.24. The quantitative estimate of drug-likeness (QED) is 0.682. The number of nitrogens with one attached hydrogen (secondary N) is 3. The summed E-state index contributed by atoms with van der Waals surface area (Å²) in [5, 5.41) is 10.1. The van der Waals surface area contributed by atoms with E-state index in [1.54, 1.807) is 30.6 Å². The van der Waals surface area contributed by atoms with Gasteiger partial charge in [-0.3, -0.25) is 4.79 Å². The molecule has 0 saturated carbocycles. The molecule has 0 atom stereocenters. The Bertz CT molecular complexity index is 637. The normalized spacial score (nSPS) is 9.95. The molecule has 0 bridgehead atoms. The van der Waals surface area contributed by atoms with Crippen molar-refractivity contribution in [1.29, 1.82) is 0 Å². The fourth-order valence-corrected chi connectivity index (χ4v) is 2.47. The molecule has 0 radical (unpaired) electrons. The van der Waals surface area contributed by atoms with Gasteiger partial charge in [0, 0.05) is 35.2 Å². The van der Waals surface area contributed by atoms with Crippen molar-refractivity contribution in [2.45, 2.75) is 6.54 Å². The first-order valence-corrected chi connectivity index (χ1v) is 7.16. The van der Waals surface area contributed by atoms with Crippen LogP contribution in [0.15, 0.2) is 35.7 Å². The van der Waals surface area contributed by atoms with Crippen molar-refractivity contribution < 1.29 is 9.59 Å². The maximum Gasteiger partial charge on any atom is 0.318 e. The van der Waals surface area contributed by atoms with Crippen LogP contribution in [-0.2, 0) is 6.54 Å². The number of hydrogen-bond donors (Lipinski definition) is 4. The van der Waals surface area contributed by atoms with Crippen LogP contribution in [0, 0.1) is 0 Å². The lowest BCUT2D eigenvalue weighted by molar-refractivity contribution is 0.100. The summed E-state index contributed by atoms with van der Waals surface area (Å²) in [7, 11) is 1.56. The number of carbonyl (C=O) groups excluding carboxylic acids is 2. The van der Waals surface area contributed by atoms with Crippen molar-refractivity contribution in [3.05, 3.63) is 46.2 Å². The van der Waals surface area contributed by atoms with Crippen LogP contribution >= 0.6 is 11.3 Å². The van der Waals surface area contributed by atoms with Crippen LogP contribution in [-0.4, -0.2) is 19.0 Å². The van der Waals surface area contributed by atoms with E-state index in [9.17, 15) is 9.59 Å². The Balaban J connectivity index is 1.91. The van der Waals surface area contributed by atoms with Crippen molar-refractivity contribution in [2.24, 2.45) is 5.73 Å². The maximum atomic E-state index is 11.2. The van der Waals surface area contributed by atoms with Gasteiger partial charge in [0.1, 0.15) is 0 Å². The van der Waals surface area contributed by atoms with E-state index >= 15 is 0 Å². The predicted octanol–water partition coefficient (Wildman–Crippen LogP) is 2.21. The van der Waals surface area contributed by atoms with Crippen LogP contribution in [0.2, 0.25) is 0 Å². The minimum atomic E-state index is -0.415. The third-order valence-corrected chi connectivity index (χ3v) is 3.71. The Kier molecular flexibility index (Phi) is 4.78. The van der Waals surface area contributed by atoms with Gasteiger partial charge in [-0.2, -0.15) is 0 Å². The summed E-state index contributed by atoms with van der Waals surface area (Å²) < 4.78 is 0. The topological polar surface area (TPSA) is 96.2 Å². The SMILES string of the molecule is CNC(=O)Nc1ccc(NCc2cc(C(N)=O)cs2)cc1. The number of benzene rings is 1. The van der Waals surface area contributed by atoms with Gasteiger partial charge in [0.2, 0.25) is 5.91 Å². The molecule has 0 unspecified atom stereocenters. The van der Waals surface area contributed by atoms with E-state index in [-0.39, 0.29) is 6.03 Å². The summed E-state index contributed by atoms with van der Waals surface area (Å²) in [6.45, 7) is 0.611. The van der Waals surface area contributed by atoms with Crippen molar-refractivity contribution >= 4 is 34.6 Å². The fraction of sp³-hybridized carbons (Fsp3) is 0.143. The molecule has 0 saturated heterocycles. The van der Waals surface area contributed by atoms with Crippen LogP contribution in [0.5, 0.6) is 0 Å². The van der Waals surface area contributed by atoms with Gasteiger partial charge in [-0.25, -0.2) is 4.79 Å². The zero-order valence-corrected chi connectivity index (χ0v) is 12.3. The minimum absolute atomic E-state index is 0.256. The molecule has 5 N–H and O–H groups in total. The van der Waals surface area contributed by atoms with Crippen LogP contribution in [0.4, 0.5) is 16.2 Å². The molecule has 110 valence electrons. The summed E-state index contributed by atoms with van der Waals surface area (Å²) in [4.78, 5) is 23.2. The molecule has 1 aromatic heterocycles.